The van der Waals surface area contributed by atoms with E-state index >= 15 is 0 Å². The summed E-state index contributed by atoms with van der Waals surface area (Å²) in [4.78, 5) is 4.13. The lowest BCUT2D eigenvalue weighted by Gasteiger charge is -2.14. The lowest BCUT2D eigenvalue weighted by Crippen LogP contribution is -2.19. The summed E-state index contributed by atoms with van der Waals surface area (Å²) in [6.45, 7) is 0. The molecule has 0 unspecified atom stereocenters. The Morgan fingerprint density at radius 1 is 1.22 bits per heavy atom. The number of nitrogens with zero attached hydrogens (tertiary/aromatic N) is 1. The minimum Gasteiger partial charge on any atom is -0.379 e. The SMILES string of the molecule is Clc1ncc(Br)cc1NC1Cc2ccccc2C1. The second-order valence-corrected chi connectivity index (χ2v) is 5.78. The van der Waals surface area contributed by atoms with Crippen molar-refractivity contribution in [1.82, 2.24) is 4.98 Å². The number of halogens is 2. The second-order valence-electron chi connectivity index (χ2n) is 4.51. The maximum atomic E-state index is 6.09. The molecule has 92 valence electrons. The van der Waals surface area contributed by atoms with E-state index in [1.165, 1.54) is 11.1 Å². The van der Waals surface area contributed by atoms with E-state index in [-0.39, 0.29) is 0 Å². The van der Waals surface area contributed by atoms with Crippen molar-refractivity contribution in [1.29, 1.82) is 0 Å². The predicted octanol–water partition coefficient (Wildman–Crippen LogP) is 4.08. The summed E-state index contributed by atoms with van der Waals surface area (Å²) in [5.74, 6) is 0. The van der Waals surface area contributed by atoms with Gasteiger partial charge in [0.25, 0.3) is 0 Å². The molecule has 1 aliphatic rings. The first kappa shape index (κ1) is 12.0. The lowest BCUT2D eigenvalue weighted by molar-refractivity contribution is 0.773. The Morgan fingerprint density at radius 2 is 1.89 bits per heavy atom. The monoisotopic (exact) mass is 322 g/mol. The third-order valence-corrected chi connectivity index (χ3v) is 3.95. The molecule has 1 aromatic heterocycles. The van der Waals surface area contributed by atoms with Crippen LogP contribution in [-0.2, 0) is 12.8 Å². The average molecular weight is 324 g/mol. The van der Waals surface area contributed by atoms with Gasteiger partial charge in [0, 0.05) is 16.7 Å². The molecule has 2 nitrogen and oxygen atoms in total. The molecule has 0 bridgehead atoms. The highest BCUT2D eigenvalue weighted by Crippen LogP contribution is 2.28. The molecule has 1 N–H and O–H groups in total. The van der Waals surface area contributed by atoms with E-state index in [1.807, 2.05) is 6.07 Å². The van der Waals surface area contributed by atoms with Crippen LogP contribution in [0.4, 0.5) is 5.69 Å². The Labute approximate surface area is 120 Å². The van der Waals surface area contributed by atoms with Crippen LogP contribution in [0.1, 0.15) is 11.1 Å². The van der Waals surface area contributed by atoms with Gasteiger partial charge in [-0.1, -0.05) is 35.9 Å². The summed E-state index contributed by atoms with van der Waals surface area (Å²) < 4.78 is 0.935. The highest BCUT2D eigenvalue weighted by Gasteiger charge is 2.21. The average Bonchev–Trinajstić information content (AvgIpc) is 2.76. The van der Waals surface area contributed by atoms with Crippen LogP contribution in [0.25, 0.3) is 0 Å². The smallest absolute Gasteiger partial charge is 0.152 e. The highest BCUT2D eigenvalue weighted by atomic mass is 79.9. The van der Waals surface area contributed by atoms with Gasteiger partial charge in [-0.3, -0.25) is 0 Å². The number of aromatic nitrogens is 1. The van der Waals surface area contributed by atoms with Crippen molar-refractivity contribution in [3.05, 3.63) is 57.3 Å². The van der Waals surface area contributed by atoms with E-state index in [4.69, 9.17) is 11.6 Å². The summed E-state index contributed by atoms with van der Waals surface area (Å²) in [7, 11) is 0. The van der Waals surface area contributed by atoms with Crippen molar-refractivity contribution < 1.29 is 0 Å². The Hall–Kier alpha value is -1.06. The highest BCUT2D eigenvalue weighted by molar-refractivity contribution is 9.10. The zero-order valence-electron chi connectivity index (χ0n) is 9.66. The lowest BCUT2D eigenvalue weighted by atomic mass is 10.1. The van der Waals surface area contributed by atoms with E-state index in [9.17, 15) is 0 Å². The molecular weight excluding hydrogens is 312 g/mol. The molecule has 0 aliphatic heterocycles. The van der Waals surface area contributed by atoms with Crippen molar-refractivity contribution in [3.8, 4) is 0 Å². The quantitative estimate of drug-likeness (QED) is 0.843. The number of hydrogen-bond donors (Lipinski definition) is 1. The van der Waals surface area contributed by atoms with Crippen LogP contribution in [0.2, 0.25) is 5.15 Å². The zero-order chi connectivity index (χ0) is 12.5. The van der Waals surface area contributed by atoms with Crippen LogP contribution in [0.5, 0.6) is 0 Å². The number of hydrogen-bond acceptors (Lipinski definition) is 2. The largest absolute Gasteiger partial charge is 0.379 e. The van der Waals surface area contributed by atoms with Gasteiger partial charge in [0.05, 0.1) is 5.69 Å². The van der Waals surface area contributed by atoms with Gasteiger partial charge in [0.15, 0.2) is 5.15 Å². The molecule has 1 aliphatic carbocycles. The van der Waals surface area contributed by atoms with Crippen LogP contribution in [-0.4, -0.2) is 11.0 Å². The standard InChI is InChI=1S/C14H12BrClN2/c15-11-7-13(14(16)17-8-11)18-12-5-9-3-1-2-4-10(9)6-12/h1-4,7-8,12,18H,5-6H2. The molecule has 0 fully saturated rings. The first-order valence-electron chi connectivity index (χ1n) is 5.87. The Bertz CT molecular complexity index is 561. The van der Waals surface area contributed by atoms with Gasteiger partial charge in [0.2, 0.25) is 0 Å². The normalized spacial score (nSPS) is 14.6. The fourth-order valence-corrected chi connectivity index (χ4v) is 2.89. The molecule has 18 heavy (non-hydrogen) atoms. The Balaban J connectivity index is 1.78. The molecule has 0 atom stereocenters. The van der Waals surface area contributed by atoms with Gasteiger partial charge in [-0.05, 0) is 46.0 Å². The maximum absolute atomic E-state index is 6.09. The number of pyridine rings is 1. The van der Waals surface area contributed by atoms with Crippen molar-refractivity contribution in [2.45, 2.75) is 18.9 Å². The van der Waals surface area contributed by atoms with Crippen LogP contribution < -0.4 is 5.32 Å². The number of fused-ring (bicyclic) bond motifs is 1. The van der Waals surface area contributed by atoms with Gasteiger partial charge in [-0.2, -0.15) is 0 Å². The molecule has 1 aromatic carbocycles. The predicted molar refractivity (Wildman–Crippen MR) is 78.2 cm³/mol. The maximum Gasteiger partial charge on any atom is 0.152 e. The number of nitrogens with one attached hydrogen (secondary N) is 1. The van der Waals surface area contributed by atoms with Crippen molar-refractivity contribution in [2.75, 3.05) is 5.32 Å². The topological polar surface area (TPSA) is 24.9 Å². The zero-order valence-corrected chi connectivity index (χ0v) is 12.0. The number of anilines is 1. The number of rotatable bonds is 2. The molecule has 0 spiro atoms. The molecule has 0 radical (unpaired) electrons. The number of benzene rings is 1. The fraction of sp³-hybridized carbons (Fsp3) is 0.214. The van der Waals surface area contributed by atoms with Crippen LogP contribution in [0.3, 0.4) is 0 Å². The molecule has 0 saturated carbocycles. The summed E-state index contributed by atoms with van der Waals surface area (Å²) in [6, 6.07) is 10.9. The molecule has 0 amide bonds. The van der Waals surface area contributed by atoms with Gasteiger partial charge in [-0.25, -0.2) is 4.98 Å². The van der Waals surface area contributed by atoms with Crippen LogP contribution in [0.15, 0.2) is 41.0 Å². The summed E-state index contributed by atoms with van der Waals surface area (Å²) >= 11 is 9.50. The van der Waals surface area contributed by atoms with Crippen LogP contribution in [0, 0.1) is 0 Å². The third-order valence-electron chi connectivity index (χ3n) is 3.22. The molecular formula is C14H12BrClN2. The van der Waals surface area contributed by atoms with Crippen molar-refractivity contribution in [2.24, 2.45) is 0 Å². The molecule has 3 rings (SSSR count). The van der Waals surface area contributed by atoms with Gasteiger partial charge in [-0.15, -0.1) is 0 Å². The first-order valence-corrected chi connectivity index (χ1v) is 7.04. The Kier molecular flexibility index (Phi) is 3.27. The molecule has 2 aromatic rings. The second kappa shape index (κ2) is 4.90. The minimum absolute atomic E-state index is 0.399. The van der Waals surface area contributed by atoms with E-state index < -0.39 is 0 Å². The van der Waals surface area contributed by atoms with E-state index in [0.717, 1.165) is 23.0 Å². The Morgan fingerprint density at radius 3 is 2.56 bits per heavy atom. The summed E-state index contributed by atoms with van der Waals surface area (Å²) in [5.41, 5.74) is 3.74. The van der Waals surface area contributed by atoms with E-state index in [0.29, 0.717) is 11.2 Å². The minimum atomic E-state index is 0.399. The van der Waals surface area contributed by atoms with Gasteiger partial charge < -0.3 is 5.32 Å². The molecule has 1 heterocycles. The molecule has 4 heteroatoms. The van der Waals surface area contributed by atoms with Crippen molar-refractivity contribution >= 4 is 33.2 Å². The molecule has 0 saturated heterocycles. The summed E-state index contributed by atoms with van der Waals surface area (Å²) in [5, 5.41) is 3.99. The van der Waals surface area contributed by atoms with Crippen molar-refractivity contribution in [3.63, 3.8) is 0 Å². The van der Waals surface area contributed by atoms with Gasteiger partial charge >= 0.3 is 0 Å². The first-order chi connectivity index (χ1) is 8.72. The summed E-state index contributed by atoms with van der Waals surface area (Å²) in [6.07, 6.45) is 3.79. The fourth-order valence-electron chi connectivity index (χ4n) is 2.40. The van der Waals surface area contributed by atoms with E-state index in [2.05, 4.69) is 50.5 Å². The third kappa shape index (κ3) is 2.38. The van der Waals surface area contributed by atoms with Crippen LogP contribution >= 0.6 is 27.5 Å². The van der Waals surface area contributed by atoms with E-state index in [1.54, 1.807) is 6.20 Å². The van der Waals surface area contributed by atoms with Gasteiger partial charge in [0.1, 0.15) is 0 Å².